The Bertz CT molecular complexity index is 106. The Balaban J connectivity index is 1.83. The third-order valence-corrected chi connectivity index (χ3v) is 3.49. The van der Waals surface area contributed by atoms with Gasteiger partial charge >= 0.3 is 0 Å². The molecule has 2 fully saturated rings. The molecular formula is C7H13NOS. The van der Waals surface area contributed by atoms with Crippen molar-refractivity contribution in [2.75, 3.05) is 25.5 Å². The summed E-state index contributed by atoms with van der Waals surface area (Å²) in [6.45, 7) is 3.12. The number of fused-ring (bicyclic) bond motifs is 1. The minimum atomic E-state index is 0.755. The summed E-state index contributed by atoms with van der Waals surface area (Å²) in [5.41, 5.74) is 0. The van der Waals surface area contributed by atoms with Crippen LogP contribution in [-0.4, -0.2) is 36.8 Å². The van der Waals surface area contributed by atoms with Crippen LogP contribution in [0, 0.1) is 0 Å². The zero-order valence-electron chi connectivity index (χ0n) is 6.01. The smallest absolute Gasteiger partial charge is 0.0556 e. The molecule has 2 rings (SSSR count). The summed E-state index contributed by atoms with van der Waals surface area (Å²) in [7, 11) is 0. The Hall–Kier alpha value is 0.270. The van der Waals surface area contributed by atoms with Crippen LogP contribution in [0.5, 0.6) is 0 Å². The van der Waals surface area contributed by atoms with Gasteiger partial charge < -0.3 is 10.1 Å². The first-order chi connectivity index (χ1) is 4.97. The normalized spacial score (nSPS) is 40.8. The van der Waals surface area contributed by atoms with Crippen molar-refractivity contribution < 1.29 is 4.74 Å². The van der Waals surface area contributed by atoms with Crippen LogP contribution in [0.2, 0.25) is 0 Å². The van der Waals surface area contributed by atoms with E-state index in [-0.39, 0.29) is 0 Å². The third kappa shape index (κ3) is 1.31. The average molecular weight is 159 g/mol. The van der Waals surface area contributed by atoms with Crippen molar-refractivity contribution in [1.29, 1.82) is 0 Å². The van der Waals surface area contributed by atoms with Gasteiger partial charge in [-0.15, -0.1) is 0 Å². The summed E-state index contributed by atoms with van der Waals surface area (Å²) in [5, 5.41) is 4.31. The maximum atomic E-state index is 5.37. The zero-order chi connectivity index (χ0) is 6.81. The Morgan fingerprint density at radius 3 is 3.20 bits per heavy atom. The van der Waals surface area contributed by atoms with Gasteiger partial charge in [0.1, 0.15) is 0 Å². The van der Waals surface area contributed by atoms with Crippen molar-refractivity contribution in [1.82, 2.24) is 5.32 Å². The molecule has 2 nitrogen and oxygen atoms in total. The maximum absolute atomic E-state index is 5.37. The quantitative estimate of drug-likeness (QED) is 0.555. The van der Waals surface area contributed by atoms with E-state index in [1.165, 1.54) is 18.7 Å². The molecule has 2 atom stereocenters. The highest BCUT2D eigenvalue weighted by Crippen LogP contribution is 2.24. The molecule has 0 radical (unpaired) electrons. The number of rotatable bonds is 0. The van der Waals surface area contributed by atoms with Gasteiger partial charge in [0.25, 0.3) is 0 Å². The molecule has 58 valence electrons. The molecule has 0 aromatic rings. The van der Waals surface area contributed by atoms with Crippen LogP contribution in [0.4, 0.5) is 0 Å². The fourth-order valence-electron chi connectivity index (χ4n) is 1.41. The van der Waals surface area contributed by atoms with Crippen molar-refractivity contribution in [2.45, 2.75) is 17.7 Å². The zero-order valence-corrected chi connectivity index (χ0v) is 6.82. The molecule has 0 amide bonds. The second-order valence-corrected chi connectivity index (χ2v) is 4.17. The maximum Gasteiger partial charge on any atom is 0.0556 e. The number of hydrogen-bond donors (Lipinski definition) is 1. The molecule has 2 unspecified atom stereocenters. The molecule has 0 bridgehead atoms. The standard InChI is InChI=1S/C7H13NOS/c1-2-9-3-4-10-7-5-8-6(1)7/h6-8H,1-5H2. The highest BCUT2D eigenvalue weighted by Gasteiger charge is 2.30. The SMILES string of the molecule is C1CSC2CNC2CCO1. The van der Waals surface area contributed by atoms with Crippen LogP contribution >= 0.6 is 11.8 Å². The van der Waals surface area contributed by atoms with Gasteiger partial charge in [-0.3, -0.25) is 0 Å². The predicted octanol–water partition coefficient (Wildman–Crippen LogP) is 0.480. The molecule has 0 aromatic heterocycles. The molecule has 0 aromatic carbocycles. The van der Waals surface area contributed by atoms with Crippen molar-refractivity contribution in [3.8, 4) is 0 Å². The van der Waals surface area contributed by atoms with E-state index in [1.54, 1.807) is 0 Å². The van der Waals surface area contributed by atoms with Gasteiger partial charge in [0, 0.05) is 30.2 Å². The Kier molecular flexibility index (Phi) is 2.16. The predicted molar refractivity (Wildman–Crippen MR) is 43.5 cm³/mol. The molecule has 3 heteroatoms. The van der Waals surface area contributed by atoms with Crippen LogP contribution in [0.3, 0.4) is 0 Å². The van der Waals surface area contributed by atoms with Gasteiger partial charge in [-0.2, -0.15) is 11.8 Å². The van der Waals surface area contributed by atoms with Crippen molar-refractivity contribution in [3.05, 3.63) is 0 Å². The van der Waals surface area contributed by atoms with Gasteiger partial charge in [-0.05, 0) is 6.42 Å². The lowest BCUT2D eigenvalue weighted by Gasteiger charge is -2.38. The number of thioether (sulfide) groups is 1. The van der Waals surface area contributed by atoms with E-state index >= 15 is 0 Å². The topological polar surface area (TPSA) is 21.3 Å². The van der Waals surface area contributed by atoms with E-state index in [1.807, 2.05) is 0 Å². The number of ether oxygens (including phenoxy) is 1. The lowest BCUT2D eigenvalue weighted by molar-refractivity contribution is 0.127. The summed E-state index contributed by atoms with van der Waals surface area (Å²) >= 11 is 2.06. The summed E-state index contributed by atoms with van der Waals surface area (Å²) in [6, 6.07) is 0.755. The summed E-state index contributed by atoms with van der Waals surface area (Å²) < 4.78 is 5.37. The minimum Gasteiger partial charge on any atom is -0.381 e. The van der Waals surface area contributed by atoms with Crippen molar-refractivity contribution >= 4 is 11.8 Å². The first kappa shape index (κ1) is 6.95. The van der Waals surface area contributed by atoms with Crippen LogP contribution < -0.4 is 5.32 Å². The van der Waals surface area contributed by atoms with E-state index in [0.29, 0.717) is 0 Å². The Morgan fingerprint density at radius 2 is 2.40 bits per heavy atom. The minimum absolute atomic E-state index is 0.755. The molecule has 2 aliphatic heterocycles. The van der Waals surface area contributed by atoms with Crippen LogP contribution in [-0.2, 0) is 4.74 Å². The van der Waals surface area contributed by atoms with Gasteiger partial charge in [0.15, 0.2) is 0 Å². The summed E-state index contributed by atoms with van der Waals surface area (Å²) in [6.07, 6.45) is 1.21. The van der Waals surface area contributed by atoms with Crippen molar-refractivity contribution in [3.63, 3.8) is 0 Å². The molecule has 0 aliphatic carbocycles. The first-order valence-corrected chi connectivity index (χ1v) is 4.94. The summed E-state index contributed by atoms with van der Waals surface area (Å²) in [4.78, 5) is 0. The van der Waals surface area contributed by atoms with Crippen LogP contribution in [0.15, 0.2) is 0 Å². The highest BCUT2D eigenvalue weighted by molar-refractivity contribution is 8.00. The summed E-state index contributed by atoms with van der Waals surface area (Å²) in [5.74, 6) is 1.18. The molecule has 0 spiro atoms. The number of hydrogen-bond acceptors (Lipinski definition) is 3. The molecular weight excluding hydrogens is 146 g/mol. The fourth-order valence-corrected chi connectivity index (χ4v) is 2.61. The largest absolute Gasteiger partial charge is 0.381 e. The van der Waals surface area contributed by atoms with E-state index in [2.05, 4.69) is 17.1 Å². The van der Waals surface area contributed by atoms with Gasteiger partial charge in [0.05, 0.1) is 6.61 Å². The van der Waals surface area contributed by atoms with Gasteiger partial charge in [-0.1, -0.05) is 0 Å². The second kappa shape index (κ2) is 3.11. The Labute approximate surface area is 65.7 Å². The fraction of sp³-hybridized carbons (Fsp3) is 1.00. The van der Waals surface area contributed by atoms with Crippen LogP contribution in [0.1, 0.15) is 6.42 Å². The van der Waals surface area contributed by atoms with Gasteiger partial charge in [-0.25, -0.2) is 0 Å². The second-order valence-electron chi connectivity index (χ2n) is 2.83. The molecule has 2 aliphatic rings. The van der Waals surface area contributed by atoms with E-state index in [4.69, 9.17) is 4.74 Å². The molecule has 10 heavy (non-hydrogen) atoms. The van der Waals surface area contributed by atoms with E-state index in [9.17, 15) is 0 Å². The lowest BCUT2D eigenvalue weighted by Crippen LogP contribution is -2.56. The van der Waals surface area contributed by atoms with Gasteiger partial charge in [0.2, 0.25) is 0 Å². The molecule has 1 N–H and O–H groups in total. The van der Waals surface area contributed by atoms with E-state index in [0.717, 1.165) is 24.5 Å². The number of nitrogens with one attached hydrogen (secondary N) is 1. The Morgan fingerprint density at radius 1 is 1.40 bits per heavy atom. The molecule has 2 saturated heterocycles. The highest BCUT2D eigenvalue weighted by atomic mass is 32.2. The van der Waals surface area contributed by atoms with Crippen LogP contribution in [0.25, 0.3) is 0 Å². The molecule has 2 heterocycles. The molecule has 0 saturated carbocycles. The third-order valence-electron chi connectivity index (χ3n) is 2.16. The monoisotopic (exact) mass is 159 g/mol. The first-order valence-electron chi connectivity index (χ1n) is 3.89. The van der Waals surface area contributed by atoms with Crippen molar-refractivity contribution in [2.24, 2.45) is 0 Å². The van der Waals surface area contributed by atoms with E-state index < -0.39 is 0 Å². The average Bonchev–Trinajstić information content (AvgIpc) is 1.89. The lowest BCUT2D eigenvalue weighted by atomic mass is 10.0.